The number of nitrogens with two attached hydrogens (primary N) is 1. The van der Waals surface area contributed by atoms with E-state index in [2.05, 4.69) is 11.2 Å². The Bertz CT molecular complexity index is 593. The molecule has 0 fully saturated rings. The van der Waals surface area contributed by atoms with E-state index in [0.29, 0.717) is 23.7 Å². The van der Waals surface area contributed by atoms with Gasteiger partial charge in [0.15, 0.2) is 0 Å². The Morgan fingerprint density at radius 3 is 2.56 bits per heavy atom. The summed E-state index contributed by atoms with van der Waals surface area (Å²) in [6.45, 7) is 4.32. The minimum Gasteiger partial charge on any atom is -0.494 e. The van der Waals surface area contributed by atoms with E-state index in [0.717, 1.165) is 11.4 Å². The monoisotopic (exact) mass is 242 g/mol. The number of rotatable bonds is 3. The molecule has 0 amide bonds. The number of ether oxygens (including phenoxy) is 1. The van der Waals surface area contributed by atoms with Crippen LogP contribution >= 0.6 is 0 Å². The lowest BCUT2D eigenvalue weighted by Crippen LogP contribution is -2.02. The zero-order valence-corrected chi connectivity index (χ0v) is 10.3. The Morgan fingerprint density at radius 2 is 2.06 bits per heavy atom. The van der Waals surface area contributed by atoms with Gasteiger partial charge in [-0.3, -0.25) is 0 Å². The quantitative estimate of drug-likeness (QED) is 0.893. The molecule has 92 valence electrons. The number of nitriles is 1. The Kier molecular flexibility index (Phi) is 3.20. The molecule has 2 rings (SSSR count). The van der Waals surface area contributed by atoms with Crippen LogP contribution in [0.15, 0.2) is 24.3 Å². The van der Waals surface area contributed by atoms with Gasteiger partial charge in [0.2, 0.25) is 0 Å². The SMILES string of the molecule is CCOc1ccc(-n2nc(C)c(C#N)c2N)cc1. The number of nitrogens with zero attached hydrogens (tertiary/aromatic N) is 3. The molecule has 5 heteroatoms. The Labute approximate surface area is 105 Å². The van der Waals surface area contributed by atoms with Crippen LogP contribution in [0.4, 0.5) is 5.82 Å². The minimum absolute atomic E-state index is 0.360. The number of benzene rings is 1. The largest absolute Gasteiger partial charge is 0.494 e. The van der Waals surface area contributed by atoms with Crippen molar-refractivity contribution >= 4 is 5.82 Å². The molecule has 0 saturated carbocycles. The highest BCUT2D eigenvalue weighted by atomic mass is 16.5. The van der Waals surface area contributed by atoms with Gasteiger partial charge in [0, 0.05) is 0 Å². The number of nitrogen functional groups attached to an aromatic ring is 1. The van der Waals surface area contributed by atoms with Crippen LogP contribution in [0, 0.1) is 18.3 Å². The second-order valence-corrected chi connectivity index (χ2v) is 3.80. The second kappa shape index (κ2) is 4.80. The lowest BCUT2D eigenvalue weighted by atomic mass is 10.2. The van der Waals surface area contributed by atoms with Gasteiger partial charge >= 0.3 is 0 Å². The van der Waals surface area contributed by atoms with Crippen molar-refractivity contribution in [1.82, 2.24) is 9.78 Å². The summed E-state index contributed by atoms with van der Waals surface area (Å²) in [6.07, 6.45) is 0. The number of aryl methyl sites for hydroxylation is 1. The summed E-state index contributed by atoms with van der Waals surface area (Å²) in [5.74, 6) is 1.16. The maximum Gasteiger partial charge on any atom is 0.145 e. The highest BCUT2D eigenvalue weighted by Crippen LogP contribution is 2.21. The summed E-state index contributed by atoms with van der Waals surface area (Å²) in [5, 5.41) is 13.2. The number of anilines is 1. The van der Waals surface area contributed by atoms with Crippen LogP contribution in [0.1, 0.15) is 18.2 Å². The normalized spacial score (nSPS) is 10.1. The van der Waals surface area contributed by atoms with E-state index in [1.165, 1.54) is 0 Å². The Balaban J connectivity index is 2.40. The van der Waals surface area contributed by atoms with Crippen molar-refractivity contribution < 1.29 is 4.74 Å². The highest BCUT2D eigenvalue weighted by molar-refractivity contribution is 5.56. The summed E-state index contributed by atoms with van der Waals surface area (Å²) >= 11 is 0. The fourth-order valence-electron chi connectivity index (χ4n) is 1.73. The van der Waals surface area contributed by atoms with Crippen molar-refractivity contribution in [2.75, 3.05) is 12.3 Å². The summed E-state index contributed by atoms with van der Waals surface area (Å²) in [4.78, 5) is 0. The minimum atomic E-state index is 0.360. The van der Waals surface area contributed by atoms with Crippen molar-refractivity contribution in [3.63, 3.8) is 0 Å². The van der Waals surface area contributed by atoms with Gasteiger partial charge in [-0.25, -0.2) is 4.68 Å². The van der Waals surface area contributed by atoms with E-state index in [1.807, 2.05) is 31.2 Å². The third kappa shape index (κ3) is 2.00. The van der Waals surface area contributed by atoms with Crippen molar-refractivity contribution in [2.24, 2.45) is 0 Å². The first-order chi connectivity index (χ1) is 8.67. The van der Waals surface area contributed by atoms with E-state index in [9.17, 15) is 0 Å². The maximum atomic E-state index is 8.97. The van der Waals surface area contributed by atoms with Crippen molar-refractivity contribution in [2.45, 2.75) is 13.8 Å². The first-order valence-corrected chi connectivity index (χ1v) is 5.65. The topological polar surface area (TPSA) is 76.9 Å². The van der Waals surface area contributed by atoms with Crippen LogP contribution in [-0.2, 0) is 0 Å². The molecule has 0 saturated heterocycles. The van der Waals surface area contributed by atoms with Gasteiger partial charge in [-0.1, -0.05) is 0 Å². The van der Waals surface area contributed by atoms with Gasteiger partial charge in [0.05, 0.1) is 18.0 Å². The van der Waals surface area contributed by atoms with Gasteiger partial charge in [-0.2, -0.15) is 10.4 Å². The molecule has 0 atom stereocenters. The molecule has 1 aromatic heterocycles. The van der Waals surface area contributed by atoms with Crippen LogP contribution in [0.25, 0.3) is 5.69 Å². The molecule has 0 unspecified atom stereocenters. The van der Waals surface area contributed by atoms with E-state index in [1.54, 1.807) is 11.6 Å². The van der Waals surface area contributed by atoms with Crippen molar-refractivity contribution in [3.8, 4) is 17.5 Å². The maximum absolute atomic E-state index is 8.97. The molecule has 0 spiro atoms. The lowest BCUT2D eigenvalue weighted by molar-refractivity contribution is 0.340. The number of hydrogen-bond donors (Lipinski definition) is 1. The Hall–Kier alpha value is -2.48. The predicted octanol–water partition coefficient (Wildman–Crippen LogP) is 2.03. The lowest BCUT2D eigenvalue weighted by Gasteiger charge is -2.06. The average molecular weight is 242 g/mol. The molecule has 0 aliphatic heterocycles. The third-order valence-corrected chi connectivity index (χ3v) is 2.60. The molecular weight excluding hydrogens is 228 g/mol. The highest BCUT2D eigenvalue weighted by Gasteiger charge is 2.12. The van der Waals surface area contributed by atoms with Crippen LogP contribution in [-0.4, -0.2) is 16.4 Å². The number of hydrogen-bond acceptors (Lipinski definition) is 4. The third-order valence-electron chi connectivity index (χ3n) is 2.60. The van der Waals surface area contributed by atoms with E-state index in [4.69, 9.17) is 15.7 Å². The van der Waals surface area contributed by atoms with Crippen LogP contribution in [0.3, 0.4) is 0 Å². The molecule has 0 aliphatic rings. The smallest absolute Gasteiger partial charge is 0.145 e. The standard InChI is InChI=1S/C13H14N4O/c1-3-18-11-6-4-10(5-7-11)17-13(15)12(8-14)9(2)16-17/h4-7H,3,15H2,1-2H3. The Morgan fingerprint density at radius 1 is 1.39 bits per heavy atom. The second-order valence-electron chi connectivity index (χ2n) is 3.80. The summed E-state index contributed by atoms with van der Waals surface area (Å²) < 4.78 is 6.92. The van der Waals surface area contributed by atoms with Crippen LogP contribution in [0.2, 0.25) is 0 Å². The van der Waals surface area contributed by atoms with Crippen LogP contribution in [0.5, 0.6) is 5.75 Å². The average Bonchev–Trinajstić information content (AvgIpc) is 2.66. The summed E-state index contributed by atoms with van der Waals surface area (Å²) in [7, 11) is 0. The molecule has 18 heavy (non-hydrogen) atoms. The molecule has 0 radical (unpaired) electrons. The fourth-order valence-corrected chi connectivity index (χ4v) is 1.73. The molecule has 5 nitrogen and oxygen atoms in total. The summed E-state index contributed by atoms with van der Waals surface area (Å²) in [6, 6.07) is 9.46. The molecule has 1 aromatic carbocycles. The predicted molar refractivity (Wildman–Crippen MR) is 68.6 cm³/mol. The van der Waals surface area contributed by atoms with Gasteiger partial charge < -0.3 is 10.5 Å². The first-order valence-electron chi connectivity index (χ1n) is 5.65. The van der Waals surface area contributed by atoms with E-state index in [-0.39, 0.29) is 0 Å². The molecule has 0 bridgehead atoms. The van der Waals surface area contributed by atoms with E-state index >= 15 is 0 Å². The zero-order valence-electron chi connectivity index (χ0n) is 10.3. The molecular formula is C13H14N4O. The molecule has 2 aromatic rings. The molecule has 0 aliphatic carbocycles. The van der Waals surface area contributed by atoms with Crippen LogP contribution < -0.4 is 10.5 Å². The number of aromatic nitrogens is 2. The fraction of sp³-hybridized carbons (Fsp3) is 0.231. The molecule has 2 N–H and O–H groups in total. The van der Waals surface area contributed by atoms with Gasteiger partial charge in [0.1, 0.15) is 23.2 Å². The van der Waals surface area contributed by atoms with Gasteiger partial charge in [-0.05, 0) is 38.1 Å². The van der Waals surface area contributed by atoms with Gasteiger partial charge in [0.25, 0.3) is 0 Å². The van der Waals surface area contributed by atoms with Gasteiger partial charge in [-0.15, -0.1) is 0 Å². The van der Waals surface area contributed by atoms with Crippen molar-refractivity contribution in [1.29, 1.82) is 5.26 Å². The first kappa shape index (κ1) is 12.0. The molecule has 1 heterocycles. The van der Waals surface area contributed by atoms with E-state index < -0.39 is 0 Å². The zero-order chi connectivity index (χ0) is 13.1. The van der Waals surface area contributed by atoms with Crippen molar-refractivity contribution in [3.05, 3.63) is 35.5 Å². The summed E-state index contributed by atoms with van der Waals surface area (Å²) in [5.41, 5.74) is 7.75.